The van der Waals surface area contributed by atoms with Crippen LogP contribution >= 0.6 is 0 Å². The molecular weight excluding hydrogens is 210 g/mol. The van der Waals surface area contributed by atoms with Gasteiger partial charge in [-0.15, -0.1) is 0 Å². The van der Waals surface area contributed by atoms with Gasteiger partial charge >= 0.3 is 0 Å². The number of hydrogen-bond donors (Lipinski definition) is 1. The van der Waals surface area contributed by atoms with Gasteiger partial charge in [0, 0.05) is 0 Å². The summed E-state index contributed by atoms with van der Waals surface area (Å²) in [5.74, 6) is 1.02. The molecule has 2 nitrogen and oxygen atoms in total. The van der Waals surface area contributed by atoms with E-state index in [1.165, 1.54) is 5.56 Å². The van der Waals surface area contributed by atoms with Crippen molar-refractivity contribution in [2.75, 3.05) is 13.1 Å². The summed E-state index contributed by atoms with van der Waals surface area (Å²) in [5.41, 5.74) is 1.52. The largest absolute Gasteiger partial charge is 0.490 e. The van der Waals surface area contributed by atoms with Crippen LogP contribution in [-0.2, 0) is 5.41 Å². The summed E-state index contributed by atoms with van der Waals surface area (Å²) in [5, 5.41) is 3.36. The van der Waals surface area contributed by atoms with Gasteiger partial charge in [-0.25, -0.2) is 0 Å². The Morgan fingerprint density at radius 1 is 1.18 bits per heavy atom. The van der Waals surface area contributed by atoms with Gasteiger partial charge in [-0.1, -0.05) is 32.9 Å². The standard InChI is InChI=1S/C15H23NO/c1-15(2,3)12-5-4-6-14(11-12)17-13-7-9-16-10-8-13/h4-6,11,13,16H,7-10H2,1-3H3. The number of piperidine rings is 1. The van der Waals surface area contributed by atoms with E-state index in [9.17, 15) is 0 Å². The molecular formula is C15H23NO. The van der Waals surface area contributed by atoms with Crippen molar-refractivity contribution in [1.82, 2.24) is 5.32 Å². The lowest BCUT2D eigenvalue weighted by atomic mass is 9.87. The zero-order valence-corrected chi connectivity index (χ0v) is 11.1. The van der Waals surface area contributed by atoms with E-state index in [1.54, 1.807) is 0 Å². The molecule has 1 aromatic rings. The molecule has 0 unspecified atom stereocenters. The van der Waals surface area contributed by atoms with Crippen molar-refractivity contribution >= 4 is 0 Å². The van der Waals surface area contributed by atoms with Gasteiger partial charge in [0.2, 0.25) is 0 Å². The zero-order valence-electron chi connectivity index (χ0n) is 11.1. The summed E-state index contributed by atoms with van der Waals surface area (Å²) in [6.07, 6.45) is 2.60. The van der Waals surface area contributed by atoms with Crippen LogP contribution in [-0.4, -0.2) is 19.2 Å². The van der Waals surface area contributed by atoms with Gasteiger partial charge in [-0.2, -0.15) is 0 Å². The van der Waals surface area contributed by atoms with Crippen LogP contribution in [0.15, 0.2) is 24.3 Å². The molecule has 1 fully saturated rings. The van der Waals surface area contributed by atoms with E-state index in [0.717, 1.165) is 31.7 Å². The molecule has 17 heavy (non-hydrogen) atoms. The second-order valence-electron chi connectivity index (χ2n) is 5.85. The molecule has 0 saturated carbocycles. The second kappa shape index (κ2) is 5.09. The van der Waals surface area contributed by atoms with E-state index in [2.05, 4.69) is 50.4 Å². The minimum atomic E-state index is 0.188. The Morgan fingerprint density at radius 2 is 1.88 bits per heavy atom. The maximum Gasteiger partial charge on any atom is 0.120 e. The second-order valence-corrected chi connectivity index (χ2v) is 5.85. The summed E-state index contributed by atoms with van der Waals surface area (Å²) in [4.78, 5) is 0. The Labute approximate surface area is 104 Å². The summed E-state index contributed by atoms with van der Waals surface area (Å²) in [6.45, 7) is 8.84. The van der Waals surface area contributed by atoms with Crippen LogP contribution in [0.3, 0.4) is 0 Å². The first-order valence-electron chi connectivity index (χ1n) is 6.53. The van der Waals surface area contributed by atoms with Crippen LogP contribution in [0.2, 0.25) is 0 Å². The summed E-state index contributed by atoms with van der Waals surface area (Å²) in [6, 6.07) is 8.52. The summed E-state index contributed by atoms with van der Waals surface area (Å²) in [7, 11) is 0. The summed E-state index contributed by atoms with van der Waals surface area (Å²) >= 11 is 0. The lowest BCUT2D eigenvalue weighted by Gasteiger charge is -2.25. The molecule has 1 N–H and O–H groups in total. The first-order valence-corrected chi connectivity index (χ1v) is 6.53. The molecule has 1 aromatic carbocycles. The van der Waals surface area contributed by atoms with Crippen LogP contribution in [0, 0.1) is 0 Å². The first kappa shape index (κ1) is 12.4. The molecule has 94 valence electrons. The fourth-order valence-corrected chi connectivity index (χ4v) is 2.14. The van der Waals surface area contributed by atoms with E-state index in [4.69, 9.17) is 4.74 Å². The van der Waals surface area contributed by atoms with Crippen molar-refractivity contribution in [1.29, 1.82) is 0 Å². The zero-order chi connectivity index (χ0) is 12.3. The average molecular weight is 233 g/mol. The molecule has 2 heteroatoms. The minimum Gasteiger partial charge on any atom is -0.490 e. The van der Waals surface area contributed by atoms with Crippen LogP contribution in [0.25, 0.3) is 0 Å². The predicted octanol–water partition coefficient (Wildman–Crippen LogP) is 3.11. The molecule has 0 atom stereocenters. The molecule has 0 radical (unpaired) electrons. The van der Waals surface area contributed by atoms with Gasteiger partial charge in [0.15, 0.2) is 0 Å². The highest BCUT2D eigenvalue weighted by molar-refractivity contribution is 5.32. The maximum atomic E-state index is 6.05. The quantitative estimate of drug-likeness (QED) is 0.847. The number of nitrogens with one attached hydrogen (secondary N) is 1. The number of benzene rings is 1. The van der Waals surface area contributed by atoms with Crippen molar-refractivity contribution in [3.63, 3.8) is 0 Å². The molecule has 1 aliphatic heterocycles. The maximum absolute atomic E-state index is 6.05. The highest BCUT2D eigenvalue weighted by Gasteiger charge is 2.17. The molecule has 0 spiro atoms. The SMILES string of the molecule is CC(C)(C)c1cccc(OC2CCNCC2)c1. The van der Waals surface area contributed by atoms with Gasteiger partial charge in [-0.3, -0.25) is 0 Å². The van der Waals surface area contributed by atoms with Crippen molar-refractivity contribution in [3.8, 4) is 5.75 Å². The smallest absolute Gasteiger partial charge is 0.120 e. The highest BCUT2D eigenvalue weighted by Crippen LogP contribution is 2.26. The van der Waals surface area contributed by atoms with Gasteiger partial charge in [0.25, 0.3) is 0 Å². The van der Waals surface area contributed by atoms with Crippen LogP contribution in [0.1, 0.15) is 39.2 Å². The van der Waals surface area contributed by atoms with Gasteiger partial charge in [-0.05, 0) is 49.0 Å². The topological polar surface area (TPSA) is 21.3 Å². The molecule has 0 bridgehead atoms. The van der Waals surface area contributed by atoms with Crippen molar-refractivity contribution < 1.29 is 4.74 Å². The Bertz CT molecular complexity index is 361. The normalized spacial score (nSPS) is 18.1. The van der Waals surface area contributed by atoms with Crippen LogP contribution in [0.4, 0.5) is 0 Å². The third kappa shape index (κ3) is 3.47. The van der Waals surface area contributed by atoms with Gasteiger partial charge < -0.3 is 10.1 Å². The molecule has 0 amide bonds. The van der Waals surface area contributed by atoms with Gasteiger partial charge in [0.1, 0.15) is 11.9 Å². The number of hydrogen-bond acceptors (Lipinski definition) is 2. The van der Waals surface area contributed by atoms with Crippen molar-refractivity contribution in [2.24, 2.45) is 0 Å². The van der Waals surface area contributed by atoms with E-state index >= 15 is 0 Å². The Morgan fingerprint density at radius 3 is 2.53 bits per heavy atom. The number of rotatable bonds is 2. The molecule has 1 aliphatic rings. The lowest BCUT2D eigenvalue weighted by molar-refractivity contribution is 0.162. The minimum absolute atomic E-state index is 0.188. The fourth-order valence-electron chi connectivity index (χ4n) is 2.14. The Hall–Kier alpha value is -1.02. The van der Waals surface area contributed by atoms with E-state index < -0.39 is 0 Å². The van der Waals surface area contributed by atoms with Crippen molar-refractivity contribution in [3.05, 3.63) is 29.8 Å². The number of ether oxygens (including phenoxy) is 1. The third-order valence-corrected chi connectivity index (χ3v) is 3.29. The fraction of sp³-hybridized carbons (Fsp3) is 0.600. The van der Waals surface area contributed by atoms with Gasteiger partial charge in [0.05, 0.1) is 0 Å². The first-order chi connectivity index (χ1) is 8.05. The average Bonchev–Trinajstić information content (AvgIpc) is 2.29. The Balaban J connectivity index is 2.05. The highest BCUT2D eigenvalue weighted by atomic mass is 16.5. The predicted molar refractivity (Wildman–Crippen MR) is 71.7 cm³/mol. The van der Waals surface area contributed by atoms with Crippen LogP contribution in [0.5, 0.6) is 5.75 Å². The molecule has 2 rings (SSSR count). The lowest BCUT2D eigenvalue weighted by Crippen LogP contribution is -2.34. The Kier molecular flexibility index (Phi) is 3.72. The van der Waals surface area contributed by atoms with E-state index in [-0.39, 0.29) is 5.41 Å². The summed E-state index contributed by atoms with van der Waals surface area (Å²) < 4.78 is 6.05. The van der Waals surface area contributed by atoms with E-state index in [1.807, 2.05) is 0 Å². The third-order valence-electron chi connectivity index (χ3n) is 3.29. The van der Waals surface area contributed by atoms with E-state index in [0.29, 0.717) is 6.10 Å². The van der Waals surface area contributed by atoms with Crippen molar-refractivity contribution in [2.45, 2.75) is 45.1 Å². The molecule has 0 aromatic heterocycles. The molecule has 0 aliphatic carbocycles. The molecule has 1 heterocycles. The monoisotopic (exact) mass is 233 g/mol. The van der Waals surface area contributed by atoms with Crippen LogP contribution < -0.4 is 10.1 Å². The molecule has 1 saturated heterocycles.